The van der Waals surface area contributed by atoms with Gasteiger partial charge in [-0.1, -0.05) is 36.4 Å². The van der Waals surface area contributed by atoms with Gasteiger partial charge in [0.05, 0.1) is 12.7 Å². The van der Waals surface area contributed by atoms with Crippen LogP contribution in [-0.2, 0) is 11.2 Å². The van der Waals surface area contributed by atoms with Crippen LogP contribution in [0.25, 0.3) is 0 Å². The van der Waals surface area contributed by atoms with Gasteiger partial charge in [0, 0.05) is 25.7 Å². The standard InChI is InChI=1S/C17H18N2O2/c20-17(16-8-4-5-9-18-16)19-10-11-21-15(13-19)12-14-6-2-1-3-7-14/h1-9,15H,10-13H2/t15-/m0/s1. The Hall–Kier alpha value is -2.20. The highest BCUT2D eigenvalue weighted by Crippen LogP contribution is 2.13. The largest absolute Gasteiger partial charge is 0.374 e. The Labute approximate surface area is 124 Å². The second-order valence-electron chi connectivity index (χ2n) is 5.15. The molecule has 1 saturated heterocycles. The van der Waals surface area contributed by atoms with Crippen molar-refractivity contribution in [1.82, 2.24) is 9.88 Å². The summed E-state index contributed by atoms with van der Waals surface area (Å²) in [4.78, 5) is 18.4. The Balaban J connectivity index is 1.64. The van der Waals surface area contributed by atoms with Gasteiger partial charge >= 0.3 is 0 Å². The fourth-order valence-electron chi connectivity index (χ4n) is 2.56. The van der Waals surface area contributed by atoms with Crippen LogP contribution in [0.4, 0.5) is 0 Å². The van der Waals surface area contributed by atoms with E-state index in [0.717, 1.165) is 6.42 Å². The number of hydrogen-bond donors (Lipinski definition) is 0. The number of nitrogens with zero attached hydrogens (tertiary/aromatic N) is 2. The highest BCUT2D eigenvalue weighted by Gasteiger charge is 2.25. The first-order valence-electron chi connectivity index (χ1n) is 7.19. The topological polar surface area (TPSA) is 42.4 Å². The summed E-state index contributed by atoms with van der Waals surface area (Å²) in [6, 6.07) is 15.6. The number of rotatable bonds is 3. The van der Waals surface area contributed by atoms with Crippen LogP contribution in [0.1, 0.15) is 16.1 Å². The molecule has 0 saturated carbocycles. The zero-order valence-corrected chi connectivity index (χ0v) is 11.8. The number of carbonyl (C=O) groups is 1. The zero-order chi connectivity index (χ0) is 14.5. The van der Waals surface area contributed by atoms with Gasteiger partial charge in [0.2, 0.25) is 0 Å². The van der Waals surface area contributed by atoms with Gasteiger partial charge in [0.1, 0.15) is 5.69 Å². The number of aromatic nitrogens is 1. The van der Waals surface area contributed by atoms with E-state index >= 15 is 0 Å². The van der Waals surface area contributed by atoms with E-state index in [1.807, 2.05) is 35.2 Å². The summed E-state index contributed by atoms with van der Waals surface area (Å²) in [7, 11) is 0. The van der Waals surface area contributed by atoms with Gasteiger partial charge in [0.25, 0.3) is 5.91 Å². The minimum Gasteiger partial charge on any atom is -0.374 e. The number of morpholine rings is 1. The lowest BCUT2D eigenvalue weighted by Gasteiger charge is -2.32. The average Bonchev–Trinajstić information content (AvgIpc) is 2.56. The maximum absolute atomic E-state index is 12.4. The van der Waals surface area contributed by atoms with Crippen molar-refractivity contribution in [2.75, 3.05) is 19.7 Å². The third-order valence-corrected chi connectivity index (χ3v) is 3.62. The van der Waals surface area contributed by atoms with Crippen molar-refractivity contribution in [2.24, 2.45) is 0 Å². The predicted molar refractivity (Wildman–Crippen MR) is 80.0 cm³/mol. The summed E-state index contributed by atoms with van der Waals surface area (Å²) in [6.45, 7) is 1.82. The fraction of sp³-hybridized carbons (Fsp3) is 0.294. The van der Waals surface area contributed by atoms with Gasteiger partial charge in [-0.05, 0) is 17.7 Å². The lowest BCUT2D eigenvalue weighted by Crippen LogP contribution is -2.46. The van der Waals surface area contributed by atoms with Crippen molar-refractivity contribution >= 4 is 5.91 Å². The molecule has 4 heteroatoms. The number of hydrogen-bond acceptors (Lipinski definition) is 3. The molecule has 0 radical (unpaired) electrons. The Morgan fingerprint density at radius 3 is 2.76 bits per heavy atom. The Morgan fingerprint density at radius 2 is 2.00 bits per heavy atom. The first-order chi connectivity index (χ1) is 10.3. The Morgan fingerprint density at radius 1 is 1.19 bits per heavy atom. The summed E-state index contributed by atoms with van der Waals surface area (Å²) < 4.78 is 5.78. The van der Waals surface area contributed by atoms with Gasteiger partial charge in [-0.2, -0.15) is 0 Å². The maximum atomic E-state index is 12.4. The predicted octanol–water partition coefficient (Wildman–Crippen LogP) is 2.17. The Kier molecular flexibility index (Phi) is 4.26. The molecule has 2 heterocycles. The number of ether oxygens (including phenoxy) is 1. The molecule has 0 N–H and O–H groups in total. The van der Waals surface area contributed by atoms with Gasteiger partial charge in [-0.15, -0.1) is 0 Å². The molecule has 1 aliphatic heterocycles. The molecule has 1 fully saturated rings. The Bertz CT molecular complexity index is 586. The molecule has 1 atom stereocenters. The number of benzene rings is 1. The third kappa shape index (κ3) is 3.47. The van der Waals surface area contributed by atoms with E-state index in [4.69, 9.17) is 4.74 Å². The van der Waals surface area contributed by atoms with E-state index < -0.39 is 0 Å². The van der Waals surface area contributed by atoms with Gasteiger partial charge < -0.3 is 9.64 Å². The average molecular weight is 282 g/mol. The van der Waals surface area contributed by atoms with E-state index in [2.05, 4.69) is 17.1 Å². The quantitative estimate of drug-likeness (QED) is 0.866. The number of carbonyl (C=O) groups excluding carboxylic acids is 1. The van der Waals surface area contributed by atoms with Crippen LogP contribution in [0, 0.1) is 0 Å². The lowest BCUT2D eigenvalue weighted by atomic mass is 10.1. The molecule has 1 aromatic carbocycles. The van der Waals surface area contributed by atoms with Gasteiger partial charge in [-0.3, -0.25) is 9.78 Å². The summed E-state index contributed by atoms with van der Waals surface area (Å²) >= 11 is 0. The molecule has 0 spiro atoms. The molecule has 0 unspecified atom stereocenters. The first kappa shape index (κ1) is 13.8. The summed E-state index contributed by atoms with van der Waals surface area (Å²) in [5.41, 5.74) is 1.73. The van der Waals surface area contributed by atoms with Crippen molar-refractivity contribution in [3.8, 4) is 0 Å². The van der Waals surface area contributed by atoms with Crippen LogP contribution in [0.15, 0.2) is 54.7 Å². The van der Waals surface area contributed by atoms with Crippen LogP contribution < -0.4 is 0 Å². The lowest BCUT2D eigenvalue weighted by molar-refractivity contribution is -0.0210. The van der Waals surface area contributed by atoms with Crippen molar-refractivity contribution in [3.63, 3.8) is 0 Å². The van der Waals surface area contributed by atoms with Crippen LogP contribution in [-0.4, -0.2) is 41.6 Å². The van der Waals surface area contributed by atoms with E-state index in [1.54, 1.807) is 12.3 Å². The van der Waals surface area contributed by atoms with E-state index in [0.29, 0.717) is 25.4 Å². The monoisotopic (exact) mass is 282 g/mol. The van der Waals surface area contributed by atoms with Gasteiger partial charge in [0.15, 0.2) is 0 Å². The minimum atomic E-state index is -0.0167. The number of amides is 1. The highest BCUT2D eigenvalue weighted by molar-refractivity contribution is 5.92. The zero-order valence-electron chi connectivity index (χ0n) is 11.8. The second-order valence-corrected chi connectivity index (χ2v) is 5.15. The van der Waals surface area contributed by atoms with Crippen LogP contribution in [0.5, 0.6) is 0 Å². The molecule has 4 nitrogen and oxygen atoms in total. The van der Waals surface area contributed by atoms with Crippen molar-refractivity contribution in [1.29, 1.82) is 0 Å². The van der Waals surface area contributed by atoms with Gasteiger partial charge in [-0.25, -0.2) is 0 Å². The van der Waals surface area contributed by atoms with Crippen LogP contribution >= 0.6 is 0 Å². The van der Waals surface area contributed by atoms with E-state index in [9.17, 15) is 4.79 Å². The summed E-state index contributed by atoms with van der Waals surface area (Å²) in [5.74, 6) is -0.0167. The third-order valence-electron chi connectivity index (χ3n) is 3.62. The van der Waals surface area contributed by atoms with Crippen molar-refractivity contribution in [3.05, 3.63) is 66.0 Å². The summed E-state index contributed by atoms with van der Waals surface area (Å²) in [5, 5.41) is 0. The molecule has 108 valence electrons. The first-order valence-corrected chi connectivity index (χ1v) is 7.19. The molecule has 1 amide bonds. The second kappa shape index (κ2) is 6.50. The molecule has 2 aromatic rings. The summed E-state index contributed by atoms with van der Waals surface area (Å²) in [6.07, 6.45) is 2.52. The molecule has 0 bridgehead atoms. The molecule has 3 rings (SSSR count). The van der Waals surface area contributed by atoms with E-state index in [1.165, 1.54) is 5.56 Å². The number of pyridine rings is 1. The maximum Gasteiger partial charge on any atom is 0.272 e. The molecule has 1 aromatic heterocycles. The smallest absolute Gasteiger partial charge is 0.272 e. The molecule has 21 heavy (non-hydrogen) atoms. The molecule has 0 aliphatic carbocycles. The molecular weight excluding hydrogens is 264 g/mol. The van der Waals surface area contributed by atoms with Crippen molar-refractivity contribution < 1.29 is 9.53 Å². The van der Waals surface area contributed by atoms with Crippen LogP contribution in [0.3, 0.4) is 0 Å². The normalized spacial score (nSPS) is 18.5. The van der Waals surface area contributed by atoms with Crippen LogP contribution in [0.2, 0.25) is 0 Å². The van der Waals surface area contributed by atoms with E-state index in [-0.39, 0.29) is 12.0 Å². The fourth-order valence-corrected chi connectivity index (χ4v) is 2.56. The SMILES string of the molecule is O=C(c1ccccn1)N1CCO[C@@H](Cc2ccccc2)C1. The molecule has 1 aliphatic rings. The molecular formula is C17H18N2O2. The minimum absolute atomic E-state index is 0.0167. The van der Waals surface area contributed by atoms with Crippen molar-refractivity contribution in [2.45, 2.75) is 12.5 Å². The highest BCUT2D eigenvalue weighted by atomic mass is 16.5.